The average Bonchev–Trinajstić information content (AvgIpc) is 2.13. The van der Waals surface area contributed by atoms with Crippen molar-refractivity contribution >= 4 is 11.6 Å². The van der Waals surface area contributed by atoms with E-state index < -0.39 is 11.2 Å². The summed E-state index contributed by atoms with van der Waals surface area (Å²) >= 11 is 5.49. The van der Waals surface area contributed by atoms with Gasteiger partial charge in [0.15, 0.2) is 0 Å². The molecule has 0 saturated heterocycles. The molecule has 1 unspecified atom stereocenters. The summed E-state index contributed by atoms with van der Waals surface area (Å²) in [4.78, 5) is 10.6. The van der Waals surface area contributed by atoms with Gasteiger partial charge in [-0.3, -0.25) is 0 Å². The van der Waals surface area contributed by atoms with Crippen molar-refractivity contribution in [2.45, 2.75) is 12.4 Å². The van der Waals surface area contributed by atoms with Gasteiger partial charge in [0.1, 0.15) is 5.50 Å². The van der Waals surface area contributed by atoms with Gasteiger partial charge >= 0.3 is 5.69 Å². The molecule has 0 saturated carbocycles. The Morgan fingerprint density at radius 3 is 2.78 bits per heavy atom. The number of hydrogen-bond donors (Lipinski definition) is 1. The summed E-state index contributed by atoms with van der Waals surface area (Å²) in [6.07, 6.45) is 0. The Hall–Kier alpha value is -0.840. The predicted molar refractivity (Wildman–Crippen MR) is 31.2 cm³/mol. The van der Waals surface area contributed by atoms with Crippen LogP contribution in [0.5, 0.6) is 0 Å². The number of tetrazole rings is 1. The minimum atomic E-state index is -0.448. The van der Waals surface area contributed by atoms with Gasteiger partial charge in [0.2, 0.25) is 0 Å². The smallest absolute Gasteiger partial charge is 0.244 e. The van der Waals surface area contributed by atoms with Gasteiger partial charge in [0, 0.05) is 0 Å². The van der Waals surface area contributed by atoms with Crippen LogP contribution in [0.25, 0.3) is 0 Å². The summed E-state index contributed by atoms with van der Waals surface area (Å²) in [5, 5.41) is 8.73. The number of rotatable bonds is 1. The first-order valence-corrected chi connectivity index (χ1v) is 2.79. The third-order valence-corrected chi connectivity index (χ3v) is 1.02. The lowest BCUT2D eigenvalue weighted by molar-refractivity contribution is 0.587. The Morgan fingerprint density at radius 2 is 2.56 bits per heavy atom. The van der Waals surface area contributed by atoms with Gasteiger partial charge in [-0.25, -0.2) is 9.89 Å². The highest BCUT2D eigenvalue weighted by Gasteiger charge is 2.02. The second-order valence-corrected chi connectivity index (χ2v) is 2.16. The van der Waals surface area contributed by atoms with Crippen LogP contribution >= 0.6 is 11.6 Å². The van der Waals surface area contributed by atoms with E-state index in [1.807, 2.05) is 0 Å². The molecule has 0 bridgehead atoms. The number of aromatic amines is 1. The maximum atomic E-state index is 10.6. The molecule has 0 aromatic carbocycles. The van der Waals surface area contributed by atoms with E-state index in [9.17, 15) is 4.79 Å². The molecule has 0 amide bonds. The third-order valence-electron chi connectivity index (χ3n) is 0.832. The zero-order valence-corrected chi connectivity index (χ0v) is 5.46. The minimum Gasteiger partial charge on any atom is -0.244 e. The summed E-state index contributed by atoms with van der Waals surface area (Å²) in [7, 11) is 0. The second kappa shape index (κ2) is 2.18. The van der Waals surface area contributed by atoms with Crippen LogP contribution in [0.15, 0.2) is 4.79 Å². The van der Waals surface area contributed by atoms with Crippen LogP contribution in [-0.4, -0.2) is 20.2 Å². The quantitative estimate of drug-likeness (QED) is 0.558. The number of nitrogens with one attached hydrogen (secondary N) is 1. The molecule has 1 heterocycles. The van der Waals surface area contributed by atoms with Crippen molar-refractivity contribution < 1.29 is 0 Å². The first kappa shape index (κ1) is 6.28. The lowest BCUT2D eigenvalue weighted by atomic mass is 10.8. The fourth-order valence-electron chi connectivity index (χ4n) is 0.438. The summed E-state index contributed by atoms with van der Waals surface area (Å²) in [6, 6.07) is 0. The Kier molecular flexibility index (Phi) is 1.52. The summed E-state index contributed by atoms with van der Waals surface area (Å²) in [6.45, 7) is 1.63. The number of halogens is 1. The van der Waals surface area contributed by atoms with Crippen molar-refractivity contribution in [2.75, 3.05) is 0 Å². The summed E-state index contributed by atoms with van der Waals surface area (Å²) < 4.78 is 1.04. The van der Waals surface area contributed by atoms with E-state index in [0.29, 0.717) is 0 Å². The Balaban J connectivity index is 3.08. The molecule has 0 fully saturated rings. The van der Waals surface area contributed by atoms with E-state index >= 15 is 0 Å². The molecule has 1 N–H and O–H groups in total. The predicted octanol–water partition coefficient (Wildman–Crippen LogP) is -0.276. The van der Waals surface area contributed by atoms with Crippen molar-refractivity contribution in [1.82, 2.24) is 20.2 Å². The number of H-pyrrole nitrogens is 1. The van der Waals surface area contributed by atoms with E-state index in [2.05, 4.69) is 15.5 Å². The molecule has 1 aromatic rings. The maximum Gasteiger partial charge on any atom is 0.362 e. The van der Waals surface area contributed by atoms with Gasteiger partial charge in [-0.05, 0) is 17.4 Å². The number of nitrogens with zero attached hydrogens (tertiary/aromatic N) is 3. The zero-order valence-electron chi connectivity index (χ0n) is 4.71. The molecule has 50 valence electrons. The molecule has 1 atom stereocenters. The topological polar surface area (TPSA) is 63.6 Å². The van der Waals surface area contributed by atoms with Crippen molar-refractivity contribution in [3.63, 3.8) is 0 Å². The number of hydrogen-bond acceptors (Lipinski definition) is 3. The molecule has 0 aliphatic rings. The molecule has 1 aromatic heterocycles. The third kappa shape index (κ3) is 1.10. The number of alkyl halides is 1. The van der Waals surface area contributed by atoms with Gasteiger partial charge < -0.3 is 0 Å². The van der Waals surface area contributed by atoms with Crippen LogP contribution in [0.3, 0.4) is 0 Å². The van der Waals surface area contributed by atoms with Crippen LogP contribution in [0.2, 0.25) is 0 Å². The normalized spacial score (nSPS) is 13.6. The minimum absolute atomic E-state index is 0.391. The highest BCUT2D eigenvalue weighted by atomic mass is 35.5. The van der Waals surface area contributed by atoms with E-state index in [0.717, 1.165) is 4.68 Å². The summed E-state index contributed by atoms with van der Waals surface area (Å²) in [5.74, 6) is 0. The van der Waals surface area contributed by atoms with Crippen LogP contribution < -0.4 is 5.69 Å². The molecule has 0 aliphatic heterocycles. The molecular formula is C3H5ClN4O. The van der Waals surface area contributed by atoms with E-state index in [4.69, 9.17) is 11.6 Å². The Morgan fingerprint density at radius 1 is 1.89 bits per heavy atom. The van der Waals surface area contributed by atoms with Crippen molar-refractivity contribution in [3.05, 3.63) is 10.5 Å². The largest absolute Gasteiger partial charge is 0.362 e. The molecule has 9 heavy (non-hydrogen) atoms. The highest BCUT2D eigenvalue weighted by molar-refractivity contribution is 6.18. The van der Waals surface area contributed by atoms with E-state index in [1.54, 1.807) is 6.92 Å². The van der Waals surface area contributed by atoms with Crippen LogP contribution in [0, 0.1) is 0 Å². The van der Waals surface area contributed by atoms with Gasteiger partial charge in [-0.1, -0.05) is 11.6 Å². The van der Waals surface area contributed by atoms with E-state index in [-0.39, 0.29) is 0 Å². The highest BCUT2D eigenvalue weighted by Crippen LogP contribution is 2.01. The molecule has 0 radical (unpaired) electrons. The monoisotopic (exact) mass is 148 g/mol. The number of aromatic nitrogens is 4. The first-order chi connectivity index (χ1) is 4.22. The fraction of sp³-hybridized carbons (Fsp3) is 0.667. The molecule has 1 rings (SSSR count). The molecule has 5 nitrogen and oxygen atoms in total. The standard InChI is InChI=1S/C3H5ClN4O/c1-2(4)8-3(9)5-6-7-8/h2H,1H3,(H,5,7,9). The molecule has 0 aliphatic carbocycles. The van der Waals surface area contributed by atoms with Gasteiger partial charge in [-0.2, -0.15) is 4.68 Å². The molecule has 6 heteroatoms. The maximum absolute atomic E-state index is 10.6. The average molecular weight is 149 g/mol. The zero-order chi connectivity index (χ0) is 6.85. The Bertz CT molecular complexity index is 238. The lowest BCUT2D eigenvalue weighted by Crippen LogP contribution is -2.18. The van der Waals surface area contributed by atoms with Gasteiger partial charge in [0.25, 0.3) is 0 Å². The second-order valence-electron chi connectivity index (χ2n) is 1.52. The summed E-state index contributed by atoms with van der Waals surface area (Å²) in [5.41, 5.74) is -0.839. The molecular weight excluding hydrogens is 144 g/mol. The van der Waals surface area contributed by atoms with Crippen molar-refractivity contribution in [3.8, 4) is 0 Å². The van der Waals surface area contributed by atoms with Crippen LogP contribution in [0.4, 0.5) is 0 Å². The molecule has 0 spiro atoms. The fourth-order valence-corrected chi connectivity index (χ4v) is 0.566. The van der Waals surface area contributed by atoms with Crippen LogP contribution in [-0.2, 0) is 0 Å². The van der Waals surface area contributed by atoms with Crippen LogP contribution in [0.1, 0.15) is 12.4 Å². The van der Waals surface area contributed by atoms with Gasteiger partial charge in [-0.15, -0.1) is 0 Å². The van der Waals surface area contributed by atoms with Gasteiger partial charge in [0.05, 0.1) is 0 Å². The lowest BCUT2D eigenvalue weighted by Gasteiger charge is -1.94. The first-order valence-electron chi connectivity index (χ1n) is 2.36. The SMILES string of the molecule is CC(Cl)n1nn[nH]c1=O. The van der Waals surface area contributed by atoms with E-state index in [1.165, 1.54) is 0 Å². The Labute approximate surface area is 55.6 Å². The van der Waals surface area contributed by atoms with Crippen molar-refractivity contribution in [2.24, 2.45) is 0 Å². The van der Waals surface area contributed by atoms with Crippen molar-refractivity contribution in [1.29, 1.82) is 0 Å².